The van der Waals surface area contributed by atoms with Gasteiger partial charge < -0.3 is 4.57 Å². The van der Waals surface area contributed by atoms with E-state index in [1.54, 1.807) is 6.07 Å². The smallest absolute Gasteiger partial charge is 0.303 e. The highest BCUT2D eigenvalue weighted by Gasteiger charge is 2.18. The van der Waals surface area contributed by atoms with Gasteiger partial charge in [-0.3, -0.25) is 14.2 Å². The molecule has 0 radical (unpaired) electrons. The zero-order valence-electron chi connectivity index (χ0n) is 11.9. The zero-order valence-corrected chi connectivity index (χ0v) is 11.9. The van der Waals surface area contributed by atoms with Gasteiger partial charge in [0.05, 0.1) is 0 Å². The highest BCUT2D eigenvalue weighted by atomic mass is 16.2. The minimum atomic E-state index is -0.570. The fourth-order valence-corrected chi connectivity index (χ4v) is 2.09. The summed E-state index contributed by atoms with van der Waals surface area (Å²) < 4.78 is 2.18. The van der Waals surface area contributed by atoms with Crippen LogP contribution >= 0.6 is 0 Å². The van der Waals surface area contributed by atoms with Crippen molar-refractivity contribution >= 4 is 5.78 Å². The van der Waals surface area contributed by atoms with Crippen molar-refractivity contribution in [2.75, 3.05) is 0 Å². The largest absolute Gasteiger partial charge is 0.330 e. The Labute approximate surface area is 116 Å². The van der Waals surface area contributed by atoms with Crippen LogP contribution in [0.2, 0.25) is 0 Å². The van der Waals surface area contributed by atoms with E-state index >= 15 is 0 Å². The molecule has 0 bridgehead atoms. The SMILES string of the molecule is Cc1ccc(C)c(C(=O)c2cn(C)c(=O)n(C)c2=O)c1. The lowest BCUT2D eigenvalue weighted by Crippen LogP contribution is -2.39. The van der Waals surface area contributed by atoms with Crippen molar-refractivity contribution in [2.45, 2.75) is 13.8 Å². The molecule has 1 heterocycles. The van der Waals surface area contributed by atoms with Gasteiger partial charge in [0.25, 0.3) is 5.56 Å². The van der Waals surface area contributed by atoms with E-state index < -0.39 is 11.2 Å². The molecule has 0 amide bonds. The van der Waals surface area contributed by atoms with Gasteiger partial charge in [-0.15, -0.1) is 0 Å². The number of aromatic nitrogens is 2. The molecule has 0 aliphatic heterocycles. The van der Waals surface area contributed by atoms with Crippen LogP contribution in [-0.4, -0.2) is 14.9 Å². The second-order valence-electron chi connectivity index (χ2n) is 4.95. The highest BCUT2D eigenvalue weighted by Crippen LogP contribution is 2.13. The van der Waals surface area contributed by atoms with E-state index in [1.165, 1.54) is 24.9 Å². The Hall–Kier alpha value is -2.43. The highest BCUT2D eigenvalue weighted by molar-refractivity contribution is 6.09. The van der Waals surface area contributed by atoms with E-state index in [9.17, 15) is 14.4 Å². The van der Waals surface area contributed by atoms with Crippen LogP contribution in [0.15, 0.2) is 34.0 Å². The maximum atomic E-state index is 12.5. The van der Waals surface area contributed by atoms with Gasteiger partial charge in [0, 0.05) is 25.9 Å². The number of ketones is 1. The Morgan fingerprint density at radius 2 is 1.70 bits per heavy atom. The quantitative estimate of drug-likeness (QED) is 0.764. The van der Waals surface area contributed by atoms with Crippen LogP contribution in [0.25, 0.3) is 0 Å². The molecule has 0 atom stereocenters. The fraction of sp³-hybridized carbons (Fsp3) is 0.267. The average Bonchev–Trinajstić information content (AvgIpc) is 2.42. The van der Waals surface area contributed by atoms with E-state index in [0.29, 0.717) is 5.56 Å². The summed E-state index contributed by atoms with van der Waals surface area (Å²) in [6.07, 6.45) is 1.30. The number of hydrogen-bond donors (Lipinski definition) is 0. The van der Waals surface area contributed by atoms with Crippen molar-refractivity contribution in [3.05, 3.63) is 67.5 Å². The number of aryl methyl sites for hydroxylation is 3. The second kappa shape index (κ2) is 4.92. The molecule has 0 aliphatic carbocycles. The molecular formula is C15H16N2O3. The topological polar surface area (TPSA) is 61.1 Å². The minimum absolute atomic E-state index is 0.00306. The van der Waals surface area contributed by atoms with Crippen LogP contribution in [0.5, 0.6) is 0 Å². The number of carbonyl (C=O) groups is 1. The number of benzene rings is 1. The lowest BCUT2D eigenvalue weighted by atomic mass is 9.99. The summed E-state index contributed by atoms with van der Waals surface area (Å²) in [5.41, 5.74) is 1.22. The first kappa shape index (κ1) is 14.0. The third kappa shape index (κ3) is 2.22. The summed E-state index contributed by atoms with van der Waals surface area (Å²) in [6, 6.07) is 5.50. The zero-order chi connectivity index (χ0) is 15.0. The van der Waals surface area contributed by atoms with Crippen LogP contribution in [0, 0.1) is 13.8 Å². The summed E-state index contributed by atoms with van der Waals surface area (Å²) in [5.74, 6) is -0.359. The molecule has 20 heavy (non-hydrogen) atoms. The van der Waals surface area contributed by atoms with Gasteiger partial charge in [0.1, 0.15) is 5.56 Å². The van der Waals surface area contributed by atoms with Crippen LogP contribution in [0.3, 0.4) is 0 Å². The summed E-state index contributed by atoms with van der Waals surface area (Å²) in [4.78, 5) is 36.2. The fourth-order valence-electron chi connectivity index (χ4n) is 2.09. The number of rotatable bonds is 2. The van der Waals surface area contributed by atoms with Gasteiger partial charge >= 0.3 is 5.69 Å². The first-order chi connectivity index (χ1) is 9.32. The molecule has 0 saturated carbocycles. The van der Waals surface area contributed by atoms with Crippen LogP contribution in [0.4, 0.5) is 0 Å². The van der Waals surface area contributed by atoms with Crippen molar-refractivity contribution in [1.29, 1.82) is 0 Å². The predicted molar refractivity (Wildman–Crippen MR) is 76.3 cm³/mol. The van der Waals surface area contributed by atoms with Gasteiger partial charge in [-0.25, -0.2) is 4.79 Å². The van der Waals surface area contributed by atoms with Gasteiger partial charge in [-0.05, 0) is 25.5 Å². The third-order valence-corrected chi connectivity index (χ3v) is 3.33. The molecule has 1 aromatic carbocycles. The Morgan fingerprint density at radius 3 is 2.35 bits per heavy atom. The van der Waals surface area contributed by atoms with Crippen LogP contribution in [-0.2, 0) is 14.1 Å². The molecule has 0 fully saturated rings. The molecule has 5 nitrogen and oxygen atoms in total. The Bertz CT molecular complexity index is 813. The number of hydrogen-bond acceptors (Lipinski definition) is 3. The molecule has 0 aliphatic rings. The van der Waals surface area contributed by atoms with Crippen LogP contribution < -0.4 is 11.2 Å². The Balaban J connectivity index is 2.69. The van der Waals surface area contributed by atoms with E-state index in [2.05, 4.69) is 0 Å². The third-order valence-electron chi connectivity index (χ3n) is 3.33. The number of carbonyl (C=O) groups excluding carboxylic acids is 1. The first-order valence-electron chi connectivity index (χ1n) is 6.21. The van der Waals surface area contributed by atoms with Crippen molar-refractivity contribution in [3.8, 4) is 0 Å². The lowest BCUT2D eigenvalue weighted by Gasteiger charge is -2.08. The van der Waals surface area contributed by atoms with E-state index in [0.717, 1.165) is 15.7 Å². The maximum Gasteiger partial charge on any atom is 0.330 e. The summed E-state index contributed by atoms with van der Waals surface area (Å²) >= 11 is 0. The molecule has 0 N–H and O–H groups in total. The summed E-state index contributed by atoms with van der Waals surface area (Å²) in [5, 5.41) is 0. The average molecular weight is 272 g/mol. The molecule has 5 heteroatoms. The molecule has 0 spiro atoms. The van der Waals surface area contributed by atoms with Crippen molar-refractivity contribution < 1.29 is 4.79 Å². The van der Waals surface area contributed by atoms with Gasteiger partial charge in [-0.2, -0.15) is 0 Å². The van der Waals surface area contributed by atoms with Crippen LogP contribution in [0.1, 0.15) is 27.0 Å². The minimum Gasteiger partial charge on any atom is -0.303 e. The van der Waals surface area contributed by atoms with E-state index in [1.807, 2.05) is 26.0 Å². The van der Waals surface area contributed by atoms with Gasteiger partial charge in [0.15, 0.2) is 5.78 Å². The Kier molecular flexibility index (Phi) is 3.44. The monoisotopic (exact) mass is 272 g/mol. The predicted octanol–water partition coefficient (Wildman–Crippen LogP) is 0.932. The lowest BCUT2D eigenvalue weighted by molar-refractivity contribution is 0.103. The molecule has 104 valence electrons. The normalized spacial score (nSPS) is 10.6. The molecule has 0 unspecified atom stereocenters. The Morgan fingerprint density at radius 1 is 1.05 bits per heavy atom. The standard InChI is InChI=1S/C15H16N2O3/c1-9-5-6-10(2)11(7-9)13(18)12-8-16(3)15(20)17(4)14(12)19/h5-8H,1-4H3. The van der Waals surface area contributed by atoms with Crippen molar-refractivity contribution in [2.24, 2.45) is 14.1 Å². The van der Waals surface area contributed by atoms with Gasteiger partial charge in [0.2, 0.25) is 0 Å². The van der Waals surface area contributed by atoms with E-state index in [-0.39, 0.29) is 11.3 Å². The molecule has 0 saturated heterocycles. The second-order valence-corrected chi connectivity index (χ2v) is 4.95. The maximum absolute atomic E-state index is 12.5. The van der Waals surface area contributed by atoms with Crippen molar-refractivity contribution in [3.63, 3.8) is 0 Å². The molecule has 1 aromatic heterocycles. The summed E-state index contributed by atoms with van der Waals surface area (Å²) in [7, 11) is 2.88. The summed E-state index contributed by atoms with van der Waals surface area (Å²) in [6.45, 7) is 3.70. The van der Waals surface area contributed by atoms with E-state index in [4.69, 9.17) is 0 Å². The molecular weight excluding hydrogens is 256 g/mol. The van der Waals surface area contributed by atoms with Crippen molar-refractivity contribution in [1.82, 2.24) is 9.13 Å². The molecule has 2 aromatic rings. The number of nitrogens with zero attached hydrogens (tertiary/aromatic N) is 2. The first-order valence-corrected chi connectivity index (χ1v) is 6.21. The molecule has 2 rings (SSSR count). The van der Waals surface area contributed by atoms with Gasteiger partial charge in [-0.1, -0.05) is 17.7 Å².